The Morgan fingerprint density at radius 1 is 0.821 bits per heavy atom. The van der Waals surface area contributed by atoms with E-state index in [1.54, 1.807) is 0 Å². The van der Waals surface area contributed by atoms with E-state index in [4.69, 9.17) is 0 Å². The molecule has 0 nitrogen and oxygen atoms in total. The number of rotatable bonds is 4. The number of hydrogen-bond acceptors (Lipinski definition) is 0. The quantitative estimate of drug-likeness (QED) is 0.424. The summed E-state index contributed by atoms with van der Waals surface area (Å²) in [6, 6.07) is 26.6. The summed E-state index contributed by atoms with van der Waals surface area (Å²) < 4.78 is 0. The molecule has 0 amide bonds. The molecule has 0 radical (unpaired) electrons. The van der Waals surface area contributed by atoms with E-state index < -0.39 is 0 Å². The Hall–Kier alpha value is -3.12. The minimum atomic E-state index is -0.343. The second kappa shape index (κ2) is 7.13. The SMILES string of the molecule is C=C/C=C(\C=C(C)C)C1(c2cccc(C)c2)c2ccccc2-c2ccccc21. The topological polar surface area (TPSA) is 0 Å². The van der Waals surface area contributed by atoms with Crippen molar-refractivity contribution in [1.82, 2.24) is 0 Å². The van der Waals surface area contributed by atoms with Crippen molar-refractivity contribution in [3.8, 4) is 11.1 Å². The summed E-state index contributed by atoms with van der Waals surface area (Å²) >= 11 is 0. The van der Waals surface area contributed by atoms with Gasteiger partial charge in [-0.25, -0.2) is 0 Å². The van der Waals surface area contributed by atoms with Gasteiger partial charge < -0.3 is 0 Å². The minimum Gasteiger partial charge on any atom is -0.0991 e. The van der Waals surface area contributed by atoms with Crippen LogP contribution < -0.4 is 0 Å². The summed E-state index contributed by atoms with van der Waals surface area (Å²) in [5, 5.41) is 0. The molecule has 0 spiro atoms. The standard InChI is InChI=1S/C28H26/c1-5-11-22(18-20(2)3)28(23-13-10-12-21(4)19-23)26-16-8-6-14-24(26)25-15-7-9-17-27(25)28/h5-19H,1H2,2-4H3/b22-11+. The van der Waals surface area contributed by atoms with Crippen LogP contribution in [0.1, 0.15) is 36.1 Å². The van der Waals surface area contributed by atoms with Crippen LogP contribution in [0.15, 0.2) is 109 Å². The van der Waals surface area contributed by atoms with Crippen LogP contribution in [0.2, 0.25) is 0 Å². The van der Waals surface area contributed by atoms with Gasteiger partial charge in [-0.3, -0.25) is 0 Å². The van der Waals surface area contributed by atoms with Crippen molar-refractivity contribution in [2.24, 2.45) is 0 Å². The lowest BCUT2D eigenvalue weighted by molar-refractivity contribution is 0.764. The van der Waals surface area contributed by atoms with Crippen LogP contribution in [0.3, 0.4) is 0 Å². The van der Waals surface area contributed by atoms with Crippen molar-refractivity contribution in [2.45, 2.75) is 26.2 Å². The third-order valence-corrected chi connectivity index (χ3v) is 5.58. The van der Waals surface area contributed by atoms with Crippen LogP contribution >= 0.6 is 0 Å². The molecule has 0 aromatic heterocycles. The van der Waals surface area contributed by atoms with Crippen LogP contribution in [0.4, 0.5) is 0 Å². The van der Waals surface area contributed by atoms with Crippen LogP contribution in [0, 0.1) is 6.92 Å². The molecule has 0 atom stereocenters. The lowest BCUT2D eigenvalue weighted by atomic mass is 9.66. The Kier molecular flexibility index (Phi) is 4.65. The molecule has 0 saturated carbocycles. The van der Waals surface area contributed by atoms with Crippen molar-refractivity contribution < 1.29 is 0 Å². The number of allylic oxidation sites excluding steroid dienone is 5. The van der Waals surface area contributed by atoms with Gasteiger partial charge in [-0.2, -0.15) is 0 Å². The number of benzene rings is 3. The molecule has 0 unspecified atom stereocenters. The summed E-state index contributed by atoms with van der Waals surface area (Å²) in [6.45, 7) is 10.5. The third kappa shape index (κ3) is 2.68. The van der Waals surface area contributed by atoms with Gasteiger partial charge in [0, 0.05) is 0 Å². The van der Waals surface area contributed by atoms with Gasteiger partial charge in [0.1, 0.15) is 0 Å². The lowest BCUT2D eigenvalue weighted by Gasteiger charge is -2.35. The van der Waals surface area contributed by atoms with Crippen molar-refractivity contribution in [2.75, 3.05) is 0 Å². The highest BCUT2D eigenvalue weighted by Crippen LogP contribution is 2.56. The summed E-state index contributed by atoms with van der Waals surface area (Å²) in [5.74, 6) is 0. The first-order valence-corrected chi connectivity index (χ1v) is 9.83. The highest BCUT2D eigenvalue weighted by molar-refractivity contribution is 5.86. The molecule has 0 bridgehead atoms. The maximum Gasteiger partial charge on any atom is 0.0713 e. The van der Waals surface area contributed by atoms with E-state index in [2.05, 4.69) is 112 Å². The van der Waals surface area contributed by atoms with Crippen LogP contribution in [0.25, 0.3) is 11.1 Å². The molecule has 0 aliphatic heterocycles. The molecule has 28 heavy (non-hydrogen) atoms. The fraction of sp³-hybridized carbons (Fsp3) is 0.143. The highest BCUT2D eigenvalue weighted by atomic mass is 14.5. The first kappa shape index (κ1) is 18.3. The third-order valence-electron chi connectivity index (χ3n) is 5.58. The summed E-state index contributed by atoms with van der Waals surface area (Å²) in [7, 11) is 0. The smallest absolute Gasteiger partial charge is 0.0713 e. The van der Waals surface area contributed by atoms with E-state index in [-0.39, 0.29) is 5.41 Å². The second-order valence-electron chi connectivity index (χ2n) is 7.79. The maximum atomic E-state index is 4.03. The average molecular weight is 363 g/mol. The van der Waals surface area contributed by atoms with Gasteiger partial charge in [0.25, 0.3) is 0 Å². The molecule has 1 aliphatic carbocycles. The highest BCUT2D eigenvalue weighted by Gasteiger charge is 2.46. The fourth-order valence-electron chi connectivity index (χ4n) is 4.62. The monoisotopic (exact) mass is 362 g/mol. The Labute approximate surface area is 168 Å². The lowest BCUT2D eigenvalue weighted by Crippen LogP contribution is -2.29. The Morgan fingerprint density at radius 2 is 1.43 bits per heavy atom. The first-order chi connectivity index (χ1) is 13.6. The molecule has 3 aromatic carbocycles. The molecule has 0 saturated heterocycles. The van der Waals surface area contributed by atoms with E-state index in [9.17, 15) is 0 Å². The molecule has 0 heterocycles. The van der Waals surface area contributed by atoms with Crippen LogP contribution in [-0.2, 0) is 5.41 Å². The second-order valence-corrected chi connectivity index (χ2v) is 7.79. The molecular formula is C28H26. The van der Waals surface area contributed by atoms with Gasteiger partial charge in [0.2, 0.25) is 0 Å². The van der Waals surface area contributed by atoms with E-state index >= 15 is 0 Å². The van der Waals surface area contributed by atoms with E-state index in [1.807, 2.05) is 6.08 Å². The maximum absolute atomic E-state index is 4.03. The molecule has 4 rings (SSSR count). The fourth-order valence-corrected chi connectivity index (χ4v) is 4.62. The zero-order valence-electron chi connectivity index (χ0n) is 16.9. The zero-order valence-corrected chi connectivity index (χ0v) is 16.9. The van der Waals surface area contributed by atoms with E-state index in [0.29, 0.717) is 0 Å². The first-order valence-electron chi connectivity index (χ1n) is 9.83. The largest absolute Gasteiger partial charge is 0.0991 e. The van der Waals surface area contributed by atoms with Gasteiger partial charge in [-0.05, 0) is 54.2 Å². The normalized spacial score (nSPS) is 14.2. The average Bonchev–Trinajstić information content (AvgIpc) is 2.99. The number of fused-ring (bicyclic) bond motifs is 3. The van der Waals surface area contributed by atoms with E-state index in [0.717, 1.165) is 0 Å². The Balaban J connectivity index is 2.21. The summed E-state index contributed by atoms with van der Waals surface area (Å²) in [6.07, 6.45) is 6.40. The predicted octanol–water partition coefficient (Wildman–Crippen LogP) is 7.39. The molecule has 0 heteroatoms. The Morgan fingerprint density at radius 3 is 1.96 bits per heavy atom. The summed E-state index contributed by atoms with van der Waals surface area (Å²) in [4.78, 5) is 0. The molecule has 0 fully saturated rings. The van der Waals surface area contributed by atoms with Crippen molar-refractivity contribution >= 4 is 0 Å². The number of hydrogen-bond donors (Lipinski definition) is 0. The Bertz CT molecular complexity index is 1060. The van der Waals surface area contributed by atoms with Crippen molar-refractivity contribution in [1.29, 1.82) is 0 Å². The van der Waals surface area contributed by atoms with Gasteiger partial charge >= 0.3 is 0 Å². The zero-order chi connectivity index (χ0) is 19.7. The van der Waals surface area contributed by atoms with E-state index in [1.165, 1.54) is 44.5 Å². The van der Waals surface area contributed by atoms with Gasteiger partial charge in [-0.15, -0.1) is 0 Å². The number of aryl methyl sites for hydroxylation is 1. The van der Waals surface area contributed by atoms with Crippen molar-refractivity contribution in [3.05, 3.63) is 131 Å². The predicted molar refractivity (Wildman–Crippen MR) is 121 cm³/mol. The summed E-state index contributed by atoms with van der Waals surface area (Å²) in [5.41, 5.74) is 10.1. The molecule has 1 aliphatic rings. The minimum absolute atomic E-state index is 0.343. The van der Waals surface area contributed by atoms with Gasteiger partial charge in [0.15, 0.2) is 0 Å². The molecule has 138 valence electrons. The molecule has 3 aromatic rings. The van der Waals surface area contributed by atoms with Crippen LogP contribution in [-0.4, -0.2) is 0 Å². The van der Waals surface area contributed by atoms with Crippen LogP contribution in [0.5, 0.6) is 0 Å². The molecular weight excluding hydrogens is 336 g/mol. The van der Waals surface area contributed by atoms with Gasteiger partial charge in [-0.1, -0.05) is 109 Å². The van der Waals surface area contributed by atoms with Crippen molar-refractivity contribution in [3.63, 3.8) is 0 Å². The molecule has 0 N–H and O–H groups in total. The van der Waals surface area contributed by atoms with Gasteiger partial charge in [0.05, 0.1) is 5.41 Å².